The Morgan fingerprint density at radius 2 is 1.81 bits per heavy atom. The van der Waals surface area contributed by atoms with Crippen molar-refractivity contribution in [3.05, 3.63) is 71.5 Å². The van der Waals surface area contributed by atoms with Crippen molar-refractivity contribution in [1.29, 1.82) is 0 Å². The smallest absolute Gasteiger partial charge is 0.253 e. The number of ether oxygens (including phenoxy) is 2. The van der Waals surface area contributed by atoms with Crippen molar-refractivity contribution >= 4 is 5.91 Å². The van der Waals surface area contributed by atoms with Crippen molar-refractivity contribution in [2.75, 3.05) is 26.3 Å². The van der Waals surface area contributed by atoms with E-state index in [0.717, 1.165) is 18.4 Å². The lowest BCUT2D eigenvalue weighted by Gasteiger charge is -2.32. The maximum Gasteiger partial charge on any atom is 0.253 e. The molecule has 1 fully saturated rings. The minimum Gasteiger partial charge on any atom is -0.376 e. The Labute approximate surface area is 153 Å². The molecular weight excluding hydrogens is 333 g/mol. The van der Waals surface area contributed by atoms with Crippen molar-refractivity contribution < 1.29 is 18.7 Å². The molecule has 0 saturated carbocycles. The van der Waals surface area contributed by atoms with E-state index in [1.54, 1.807) is 17.0 Å². The largest absolute Gasteiger partial charge is 0.376 e. The van der Waals surface area contributed by atoms with E-state index in [-0.39, 0.29) is 17.8 Å². The summed E-state index contributed by atoms with van der Waals surface area (Å²) in [5.41, 5.74) is 1.55. The highest BCUT2D eigenvalue weighted by atomic mass is 19.1. The number of nitrogens with zero attached hydrogens (tertiary/aromatic N) is 1. The van der Waals surface area contributed by atoms with Crippen LogP contribution < -0.4 is 0 Å². The summed E-state index contributed by atoms with van der Waals surface area (Å²) in [5.74, 6) is -0.501. The van der Waals surface area contributed by atoms with Gasteiger partial charge in [-0.25, -0.2) is 4.39 Å². The van der Waals surface area contributed by atoms with E-state index in [4.69, 9.17) is 9.47 Å². The molecular formula is C21H24FNO3. The third-order valence-electron chi connectivity index (χ3n) is 4.49. The number of amides is 1. The molecule has 1 aliphatic rings. The molecule has 1 amide bonds. The van der Waals surface area contributed by atoms with Crippen LogP contribution in [0, 0.1) is 5.82 Å². The van der Waals surface area contributed by atoms with Gasteiger partial charge >= 0.3 is 0 Å². The first-order valence-corrected chi connectivity index (χ1v) is 9.00. The molecule has 0 bridgehead atoms. The molecule has 0 radical (unpaired) electrons. The lowest BCUT2D eigenvalue weighted by molar-refractivity contribution is -0.0229. The van der Waals surface area contributed by atoms with Gasteiger partial charge in [-0.2, -0.15) is 0 Å². The molecule has 5 heteroatoms. The number of likely N-dealkylation sites (tertiary alicyclic amines) is 1. The number of hydrogen-bond acceptors (Lipinski definition) is 3. The molecule has 0 aliphatic carbocycles. The highest BCUT2D eigenvalue weighted by Gasteiger charge is 2.24. The topological polar surface area (TPSA) is 38.8 Å². The maximum absolute atomic E-state index is 13.3. The van der Waals surface area contributed by atoms with Crippen LogP contribution in [0.5, 0.6) is 0 Å². The van der Waals surface area contributed by atoms with E-state index in [9.17, 15) is 9.18 Å². The highest BCUT2D eigenvalue weighted by molar-refractivity contribution is 5.94. The average molecular weight is 357 g/mol. The summed E-state index contributed by atoms with van der Waals surface area (Å²) in [6.45, 7) is 2.95. The van der Waals surface area contributed by atoms with Gasteiger partial charge in [0.05, 0.1) is 25.9 Å². The minimum absolute atomic E-state index is 0.117. The Morgan fingerprint density at radius 1 is 1.04 bits per heavy atom. The number of halogens is 1. The number of carbonyl (C=O) groups is 1. The fourth-order valence-electron chi connectivity index (χ4n) is 3.07. The lowest BCUT2D eigenvalue weighted by Crippen LogP contribution is -2.41. The summed E-state index contributed by atoms with van der Waals surface area (Å²) in [4.78, 5) is 14.2. The number of piperidine rings is 1. The second-order valence-corrected chi connectivity index (χ2v) is 6.41. The quantitative estimate of drug-likeness (QED) is 0.710. The van der Waals surface area contributed by atoms with Gasteiger partial charge in [-0.1, -0.05) is 36.4 Å². The molecule has 3 rings (SSSR count). The minimum atomic E-state index is -0.385. The van der Waals surface area contributed by atoms with Crippen LogP contribution in [0.2, 0.25) is 0 Å². The van der Waals surface area contributed by atoms with Crippen molar-refractivity contribution in [3.63, 3.8) is 0 Å². The Bertz CT molecular complexity index is 699. The number of hydrogen-bond donors (Lipinski definition) is 0. The summed E-state index contributed by atoms with van der Waals surface area (Å²) in [5, 5.41) is 0. The van der Waals surface area contributed by atoms with Crippen LogP contribution in [-0.4, -0.2) is 43.2 Å². The van der Waals surface area contributed by atoms with E-state index >= 15 is 0 Å². The van der Waals surface area contributed by atoms with Crippen LogP contribution in [0.3, 0.4) is 0 Å². The van der Waals surface area contributed by atoms with Crippen molar-refractivity contribution in [2.24, 2.45) is 0 Å². The second kappa shape index (κ2) is 9.46. The fourth-order valence-corrected chi connectivity index (χ4v) is 3.07. The van der Waals surface area contributed by atoms with Gasteiger partial charge in [0.2, 0.25) is 0 Å². The van der Waals surface area contributed by atoms with Crippen LogP contribution in [-0.2, 0) is 16.1 Å². The zero-order valence-electron chi connectivity index (χ0n) is 14.8. The Hall–Kier alpha value is -2.24. The molecule has 138 valence electrons. The van der Waals surface area contributed by atoms with Gasteiger partial charge in [0.25, 0.3) is 5.91 Å². The first kappa shape index (κ1) is 18.5. The summed E-state index contributed by atoms with van der Waals surface area (Å²) in [6.07, 6.45) is 1.73. The van der Waals surface area contributed by atoms with Crippen LogP contribution in [0.1, 0.15) is 28.8 Å². The third-order valence-corrected chi connectivity index (χ3v) is 4.49. The molecule has 2 aromatic rings. The predicted octanol–water partition coefficient (Wildman–Crippen LogP) is 3.66. The van der Waals surface area contributed by atoms with E-state index < -0.39 is 0 Å². The molecule has 0 spiro atoms. The van der Waals surface area contributed by atoms with Gasteiger partial charge in [0, 0.05) is 18.7 Å². The fraction of sp³-hybridized carbons (Fsp3) is 0.381. The van der Waals surface area contributed by atoms with E-state index in [2.05, 4.69) is 0 Å². The molecule has 0 unspecified atom stereocenters. The van der Waals surface area contributed by atoms with Crippen molar-refractivity contribution in [3.8, 4) is 0 Å². The monoisotopic (exact) mass is 357 g/mol. The molecule has 4 nitrogen and oxygen atoms in total. The van der Waals surface area contributed by atoms with Gasteiger partial charge in [0.15, 0.2) is 0 Å². The summed E-state index contributed by atoms with van der Waals surface area (Å²) in [6, 6.07) is 15.9. The molecule has 1 aliphatic heterocycles. The first-order chi connectivity index (χ1) is 12.7. The predicted molar refractivity (Wildman–Crippen MR) is 97.4 cm³/mol. The average Bonchev–Trinajstić information content (AvgIpc) is 2.68. The van der Waals surface area contributed by atoms with Crippen LogP contribution >= 0.6 is 0 Å². The molecule has 1 heterocycles. The van der Waals surface area contributed by atoms with Gasteiger partial charge in [-0.05, 0) is 36.6 Å². The standard InChI is InChI=1S/C21H24FNO3/c22-19-8-4-7-18(15-19)21(24)23-11-9-20(10-12-23)26-14-13-25-16-17-5-2-1-3-6-17/h1-8,15,20H,9-14,16H2. The van der Waals surface area contributed by atoms with Crippen molar-refractivity contribution in [2.45, 2.75) is 25.6 Å². The zero-order valence-corrected chi connectivity index (χ0v) is 14.8. The van der Waals surface area contributed by atoms with E-state index in [1.165, 1.54) is 12.1 Å². The van der Waals surface area contributed by atoms with Crippen molar-refractivity contribution in [1.82, 2.24) is 4.90 Å². The van der Waals surface area contributed by atoms with Crippen LogP contribution in [0.15, 0.2) is 54.6 Å². The number of carbonyl (C=O) groups excluding carboxylic acids is 1. The number of rotatable bonds is 7. The van der Waals surface area contributed by atoms with Gasteiger partial charge < -0.3 is 14.4 Å². The molecule has 0 aromatic heterocycles. The summed E-state index contributed by atoms with van der Waals surface area (Å²) < 4.78 is 24.7. The lowest BCUT2D eigenvalue weighted by atomic mass is 10.1. The third kappa shape index (κ3) is 5.38. The van der Waals surface area contributed by atoms with Gasteiger partial charge in [-0.15, -0.1) is 0 Å². The zero-order chi connectivity index (χ0) is 18.2. The summed E-state index contributed by atoms with van der Waals surface area (Å²) in [7, 11) is 0. The molecule has 0 atom stereocenters. The van der Waals surface area contributed by atoms with Gasteiger partial charge in [0.1, 0.15) is 5.82 Å². The summed E-state index contributed by atoms with van der Waals surface area (Å²) >= 11 is 0. The van der Waals surface area contributed by atoms with E-state index in [1.807, 2.05) is 30.3 Å². The maximum atomic E-state index is 13.3. The normalized spacial score (nSPS) is 15.2. The van der Waals surface area contributed by atoms with Gasteiger partial charge in [-0.3, -0.25) is 4.79 Å². The number of benzene rings is 2. The van der Waals surface area contributed by atoms with E-state index in [0.29, 0.717) is 38.5 Å². The van der Waals surface area contributed by atoms with Crippen LogP contribution in [0.4, 0.5) is 4.39 Å². The van der Waals surface area contributed by atoms with Crippen LogP contribution in [0.25, 0.3) is 0 Å². The second-order valence-electron chi connectivity index (χ2n) is 6.41. The SMILES string of the molecule is O=C(c1cccc(F)c1)N1CCC(OCCOCc2ccccc2)CC1. The first-order valence-electron chi connectivity index (χ1n) is 9.00. The Kier molecular flexibility index (Phi) is 6.75. The molecule has 26 heavy (non-hydrogen) atoms. The molecule has 1 saturated heterocycles. The molecule has 2 aromatic carbocycles. The Balaban J connectivity index is 1.33. The molecule has 0 N–H and O–H groups in total. The Morgan fingerprint density at radius 3 is 2.54 bits per heavy atom. The highest BCUT2D eigenvalue weighted by Crippen LogP contribution is 2.17.